The van der Waals surface area contributed by atoms with Crippen LogP contribution in [0.1, 0.15) is 39.0 Å². The van der Waals surface area contributed by atoms with Gasteiger partial charge in [0.15, 0.2) is 0 Å². The summed E-state index contributed by atoms with van der Waals surface area (Å²) in [5, 5.41) is 0. The SMILES string of the molecule is COCO[C@@H]1CCCC(=O)CC(=O)O[C@H](C)C1. The maximum absolute atomic E-state index is 11.4. The molecule has 1 heterocycles. The predicted octanol–water partition coefficient (Wildman–Crippen LogP) is 1.44. The second-order valence-corrected chi connectivity index (χ2v) is 4.34. The highest BCUT2D eigenvalue weighted by Crippen LogP contribution is 2.16. The first-order valence-corrected chi connectivity index (χ1v) is 5.93. The van der Waals surface area contributed by atoms with Gasteiger partial charge in [0.25, 0.3) is 0 Å². The fraction of sp³-hybridized carbons (Fsp3) is 0.833. The van der Waals surface area contributed by atoms with Gasteiger partial charge in [0.2, 0.25) is 0 Å². The van der Waals surface area contributed by atoms with E-state index in [1.54, 1.807) is 7.11 Å². The van der Waals surface area contributed by atoms with Gasteiger partial charge in [0, 0.05) is 20.0 Å². The van der Waals surface area contributed by atoms with Crippen LogP contribution >= 0.6 is 0 Å². The lowest BCUT2D eigenvalue weighted by Gasteiger charge is -2.22. The molecular weight excluding hydrogens is 224 g/mol. The average molecular weight is 244 g/mol. The fourth-order valence-electron chi connectivity index (χ4n) is 1.89. The summed E-state index contributed by atoms with van der Waals surface area (Å²) in [5.41, 5.74) is 0. The Kier molecular flexibility index (Phi) is 6.15. The molecule has 5 heteroatoms. The zero-order valence-electron chi connectivity index (χ0n) is 10.4. The van der Waals surface area contributed by atoms with Gasteiger partial charge >= 0.3 is 5.97 Å². The van der Waals surface area contributed by atoms with E-state index in [0.717, 1.165) is 12.8 Å². The van der Waals surface area contributed by atoms with Crippen molar-refractivity contribution in [2.45, 2.75) is 51.2 Å². The smallest absolute Gasteiger partial charge is 0.313 e. The summed E-state index contributed by atoms with van der Waals surface area (Å²) < 4.78 is 15.5. The Balaban J connectivity index is 2.51. The van der Waals surface area contributed by atoms with Crippen molar-refractivity contribution in [2.75, 3.05) is 13.9 Å². The van der Waals surface area contributed by atoms with E-state index in [1.165, 1.54) is 0 Å². The topological polar surface area (TPSA) is 61.8 Å². The van der Waals surface area contributed by atoms with E-state index in [9.17, 15) is 9.59 Å². The Morgan fingerprint density at radius 2 is 2.18 bits per heavy atom. The second kappa shape index (κ2) is 7.40. The first-order chi connectivity index (χ1) is 8.11. The van der Waals surface area contributed by atoms with Crippen molar-refractivity contribution in [3.05, 3.63) is 0 Å². The van der Waals surface area contributed by atoms with Gasteiger partial charge in [0.05, 0.1) is 6.10 Å². The van der Waals surface area contributed by atoms with Gasteiger partial charge in [0.1, 0.15) is 25.1 Å². The Morgan fingerprint density at radius 3 is 2.88 bits per heavy atom. The maximum atomic E-state index is 11.4. The van der Waals surface area contributed by atoms with E-state index in [4.69, 9.17) is 14.2 Å². The molecule has 0 radical (unpaired) electrons. The van der Waals surface area contributed by atoms with Gasteiger partial charge in [-0.25, -0.2) is 0 Å². The van der Waals surface area contributed by atoms with Crippen molar-refractivity contribution in [3.63, 3.8) is 0 Å². The minimum Gasteiger partial charge on any atom is -0.462 e. The molecule has 0 aliphatic carbocycles. The molecule has 0 amide bonds. The van der Waals surface area contributed by atoms with E-state index in [2.05, 4.69) is 0 Å². The highest BCUT2D eigenvalue weighted by Gasteiger charge is 2.21. The molecule has 1 fully saturated rings. The van der Waals surface area contributed by atoms with E-state index in [0.29, 0.717) is 12.8 Å². The Hall–Kier alpha value is -0.940. The third-order valence-corrected chi connectivity index (χ3v) is 2.67. The third kappa shape index (κ3) is 5.79. The van der Waals surface area contributed by atoms with Crippen LogP contribution in [0.25, 0.3) is 0 Å². The highest BCUT2D eigenvalue weighted by molar-refractivity contribution is 5.95. The van der Waals surface area contributed by atoms with Crippen molar-refractivity contribution in [1.82, 2.24) is 0 Å². The van der Waals surface area contributed by atoms with Crippen LogP contribution in [-0.2, 0) is 23.8 Å². The Bertz CT molecular complexity index is 264. The number of esters is 1. The fourth-order valence-corrected chi connectivity index (χ4v) is 1.89. The maximum Gasteiger partial charge on any atom is 0.313 e. The Labute approximate surface area is 101 Å². The number of Topliss-reactive ketones (excluding diaryl/α,β-unsaturated/α-hetero) is 1. The number of cyclic esters (lactones) is 1. The minimum absolute atomic E-state index is 0.0244. The lowest BCUT2D eigenvalue weighted by molar-refractivity contribution is -0.153. The summed E-state index contributed by atoms with van der Waals surface area (Å²) in [4.78, 5) is 22.7. The van der Waals surface area contributed by atoms with E-state index in [1.807, 2.05) is 6.92 Å². The van der Waals surface area contributed by atoms with Crippen LogP contribution in [-0.4, -0.2) is 37.9 Å². The summed E-state index contributed by atoms with van der Waals surface area (Å²) in [5.74, 6) is -0.496. The number of methoxy groups -OCH3 is 1. The highest BCUT2D eigenvalue weighted by atomic mass is 16.7. The number of carbonyl (C=O) groups is 2. The van der Waals surface area contributed by atoms with Crippen LogP contribution < -0.4 is 0 Å². The zero-order valence-corrected chi connectivity index (χ0v) is 10.4. The molecule has 0 unspecified atom stereocenters. The number of ether oxygens (including phenoxy) is 3. The van der Waals surface area contributed by atoms with Crippen LogP contribution in [0, 0.1) is 0 Å². The van der Waals surface area contributed by atoms with Gasteiger partial charge in [-0.3, -0.25) is 9.59 Å². The van der Waals surface area contributed by atoms with Crippen molar-refractivity contribution >= 4 is 11.8 Å². The first-order valence-electron chi connectivity index (χ1n) is 5.93. The number of ketones is 1. The molecule has 0 aromatic rings. The molecule has 1 rings (SSSR count). The molecule has 0 bridgehead atoms. The molecule has 0 spiro atoms. The van der Waals surface area contributed by atoms with Gasteiger partial charge in [-0.05, 0) is 19.8 Å². The van der Waals surface area contributed by atoms with Crippen molar-refractivity contribution in [2.24, 2.45) is 0 Å². The first kappa shape index (κ1) is 14.1. The molecule has 0 aromatic heterocycles. The number of hydrogen-bond acceptors (Lipinski definition) is 5. The van der Waals surface area contributed by atoms with Crippen LogP contribution in [0.5, 0.6) is 0 Å². The molecule has 0 saturated carbocycles. The summed E-state index contributed by atoms with van der Waals surface area (Å²) in [6, 6.07) is 0. The van der Waals surface area contributed by atoms with Gasteiger partial charge < -0.3 is 14.2 Å². The molecule has 1 aliphatic rings. The molecule has 1 saturated heterocycles. The number of hydrogen-bond donors (Lipinski definition) is 0. The van der Waals surface area contributed by atoms with Crippen LogP contribution in [0.4, 0.5) is 0 Å². The molecule has 0 aromatic carbocycles. The van der Waals surface area contributed by atoms with E-state index < -0.39 is 5.97 Å². The Morgan fingerprint density at radius 1 is 1.41 bits per heavy atom. The molecule has 1 aliphatic heterocycles. The van der Waals surface area contributed by atoms with Crippen LogP contribution in [0.2, 0.25) is 0 Å². The number of rotatable bonds is 3. The lowest BCUT2D eigenvalue weighted by atomic mass is 10.0. The van der Waals surface area contributed by atoms with Crippen LogP contribution in [0.3, 0.4) is 0 Å². The number of carbonyl (C=O) groups excluding carboxylic acids is 2. The lowest BCUT2D eigenvalue weighted by Crippen LogP contribution is -2.26. The minimum atomic E-state index is -0.435. The van der Waals surface area contributed by atoms with Gasteiger partial charge in [-0.15, -0.1) is 0 Å². The quantitative estimate of drug-likeness (QED) is 0.427. The molecule has 5 nitrogen and oxygen atoms in total. The van der Waals surface area contributed by atoms with Crippen molar-refractivity contribution in [3.8, 4) is 0 Å². The standard InChI is InChI=1S/C12H20O5/c1-9-6-11(16-8-15-2)5-3-4-10(13)7-12(14)17-9/h9,11H,3-8H2,1-2H3/t9-,11-/m1/s1. The van der Waals surface area contributed by atoms with Gasteiger partial charge in [-0.2, -0.15) is 0 Å². The summed E-state index contributed by atoms with van der Waals surface area (Å²) in [6.07, 6.45) is 2.23. The third-order valence-electron chi connectivity index (χ3n) is 2.67. The molecule has 98 valence electrons. The normalized spacial score (nSPS) is 27.6. The predicted molar refractivity (Wildman–Crippen MR) is 60.4 cm³/mol. The molecule has 2 atom stereocenters. The molecule has 17 heavy (non-hydrogen) atoms. The molecular formula is C12H20O5. The average Bonchev–Trinajstić information content (AvgIpc) is 2.24. The van der Waals surface area contributed by atoms with Crippen molar-refractivity contribution in [1.29, 1.82) is 0 Å². The summed E-state index contributed by atoms with van der Waals surface area (Å²) >= 11 is 0. The van der Waals surface area contributed by atoms with Crippen molar-refractivity contribution < 1.29 is 23.8 Å². The van der Waals surface area contributed by atoms with Gasteiger partial charge in [-0.1, -0.05) is 0 Å². The largest absolute Gasteiger partial charge is 0.462 e. The van der Waals surface area contributed by atoms with E-state index >= 15 is 0 Å². The second-order valence-electron chi connectivity index (χ2n) is 4.34. The summed E-state index contributed by atoms with van der Waals surface area (Å²) in [7, 11) is 1.56. The van der Waals surface area contributed by atoms with E-state index in [-0.39, 0.29) is 31.2 Å². The summed E-state index contributed by atoms with van der Waals surface area (Å²) in [6.45, 7) is 2.03. The zero-order chi connectivity index (χ0) is 12.7. The monoisotopic (exact) mass is 244 g/mol. The van der Waals surface area contributed by atoms with Crippen LogP contribution in [0.15, 0.2) is 0 Å². The molecule has 0 N–H and O–H groups in total.